The second-order valence-corrected chi connectivity index (χ2v) is 4.22. The SMILES string of the molecule is Cc1nn(C)c(C)c1C(NN)c1ccn(C)n1. The monoisotopic (exact) mass is 234 g/mol. The van der Waals surface area contributed by atoms with Crippen molar-refractivity contribution in [2.45, 2.75) is 19.9 Å². The molecule has 6 nitrogen and oxygen atoms in total. The minimum absolute atomic E-state index is 0.120. The van der Waals surface area contributed by atoms with Crippen molar-refractivity contribution in [3.05, 3.63) is 34.9 Å². The number of nitrogens with two attached hydrogens (primary N) is 1. The molecule has 0 bridgehead atoms. The lowest BCUT2D eigenvalue weighted by Gasteiger charge is -2.14. The molecule has 1 unspecified atom stereocenters. The van der Waals surface area contributed by atoms with Gasteiger partial charge in [0.25, 0.3) is 0 Å². The third-order valence-electron chi connectivity index (χ3n) is 3.05. The molecule has 0 saturated heterocycles. The molecule has 0 fully saturated rings. The maximum Gasteiger partial charge on any atom is 0.0935 e. The lowest BCUT2D eigenvalue weighted by atomic mass is 10.0. The van der Waals surface area contributed by atoms with Crippen molar-refractivity contribution in [1.29, 1.82) is 0 Å². The van der Waals surface area contributed by atoms with Crippen LogP contribution in [-0.4, -0.2) is 19.6 Å². The van der Waals surface area contributed by atoms with Gasteiger partial charge in [0, 0.05) is 31.5 Å². The summed E-state index contributed by atoms with van der Waals surface area (Å²) >= 11 is 0. The molecule has 0 aliphatic carbocycles. The minimum Gasteiger partial charge on any atom is -0.275 e. The molecule has 0 amide bonds. The highest BCUT2D eigenvalue weighted by Gasteiger charge is 2.22. The number of hydrogen-bond donors (Lipinski definition) is 2. The van der Waals surface area contributed by atoms with Gasteiger partial charge in [0.2, 0.25) is 0 Å². The first-order chi connectivity index (χ1) is 8.04. The van der Waals surface area contributed by atoms with Gasteiger partial charge in [0.1, 0.15) is 0 Å². The molecule has 92 valence electrons. The van der Waals surface area contributed by atoms with Crippen molar-refractivity contribution in [3.63, 3.8) is 0 Å². The molecule has 0 aromatic carbocycles. The van der Waals surface area contributed by atoms with Crippen molar-refractivity contribution < 1.29 is 0 Å². The lowest BCUT2D eigenvalue weighted by Crippen LogP contribution is -2.30. The predicted molar refractivity (Wildman–Crippen MR) is 65.1 cm³/mol. The van der Waals surface area contributed by atoms with Crippen LogP contribution in [0.4, 0.5) is 0 Å². The Labute approximate surface area is 100 Å². The Balaban J connectivity index is 2.49. The van der Waals surface area contributed by atoms with Crippen LogP contribution in [0.3, 0.4) is 0 Å². The fraction of sp³-hybridized carbons (Fsp3) is 0.455. The van der Waals surface area contributed by atoms with Crippen molar-refractivity contribution in [3.8, 4) is 0 Å². The number of nitrogens with zero attached hydrogens (tertiary/aromatic N) is 4. The van der Waals surface area contributed by atoms with Crippen LogP contribution in [0.1, 0.15) is 28.7 Å². The van der Waals surface area contributed by atoms with Gasteiger partial charge in [-0.15, -0.1) is 0 Å². The van der Waals surface area contributed by atoms with Crippen LogP contribution in [0.2, 0.25) is 0 Å². The zero-order valence-corrected chi connectivity index (χ0v) is 10.6. The van der Waals surface area contributed by atoms with Gasteiger partial charge in [-0.3, -0.25) is 15.2 Å². The average molecular weight is 234 g/mol. The molecule has 1 atom stereocenters. The Kier molecular flexibility index (Phi) is 2.99. The summed E-state index contributed by atoms with van der Waals surface area (Å²) in [5, 5.41) is 8.79. The van der Waals surface area contributed by atoms with E-state index in [0.717, 1.165) is 22.6 Å². The molecular formula is C11H18N6. The summed E-state index contributed by atoms with van der Waals surface area (Å²) in [6, 6.07) is 1.83. The van der Waals surface area contributed by atoms with Gasteiger partial charge in [-0.1, -0.05) is 0 Å². The molecule has 0 radical (unpaired) electrons. The molecule has 2 aromatic rings. The normalized spacial score (nSPS) is 13.0. The van der Waals surface area contributed by atoms with E-state index < -0.39 is 0 Å². The standard InChI is InChI=1S/C11H18N6/c1-7-10(8(2)17(4)14-7)11(13-12)9-5-6-16(3)15-9/h5-6,11,13H,12H2,1-4H3. The molecule has 2 rings (SSSR count). The van der Waals surface area contributed by atoms with Crippen molar-refractivity contribution in [2.75, 3.05) is 0 Å². The Morgan fingerprint density at radius 2 is 2.00 bits per heavy atom. The fourth-order valence-electron chi connectivity index (χ4n) is 2.11. The first-order valence-electron chi connectivity index (χ1n) is 5.50. The number of aromatic nitrogens is 4. The van der Waals surface area contributed by atoms with Crippen LogP contribution in [0.15, 0.2) is 12.3 Å². The second-order valence-electron chi connectivity index (χ2n) is 4.22. The first kappa shape index (κ1) is 11.8. The highest BCUT2D eigenvalue weighted by atomic mass is 15.3. The topological polar surface area (TPSA) is 73.7 Å². The summed E-state index contributed by atoms with van der Waals surface area (Å²) in [6.07, 6.45) is 1.90. The fourth-order valence-corrected chi connectivity index (χ4v) is 2.11. The van der Waals surface area contributed by atoms with E-state index in [2.05, 4.69) is 15.6 Å². The van der Waals surface area contributed by atoms with Crippen LogP contribution >= 0.6 is 0 Å². The molecule has 0 aliphatic rings. The Hall–Kier alpha value is -1.66. The number of aryl methyl sites for hydroxylation is 3. The number of hydrogen-bond acceptors (Lipinski definition) is 4. The van der Waals surface area contributed by atoms with Crippen LogP contribution in [0, 0.1) is 13.8 Å². The van der Waals surface area contributed by atoms with E-state index >= 15 is 0 Å². The highest BCUT2D eigenvalue weighted by molar-refractivity contribution is 5.33. The highest BCUT2D eigenvalue weighted by Crippen LogP contribution is 2.25. The zero-order chi connectivity index (χ0) is 12.6. The minimum atomic E-state index is -0.120. The van der Waals surface area contributed by atoms with Crippen LogP contribution in [0.5, 0.6) is 0 Å². The van der Waals surface area contributed by atoms with Crippen molar-refractivity contribution >= 4 is 0 Å². The lowest BCUT2D eigenvalue weighted by molar-refractivity contribution is 0.597. The first-order valence-corrected chi connectivity index (χ1v) is 5.50. The Bertz CT molecular complexity index is 524. The van der Waals surface area contributed by atoms with E-state index in [9.17, 15) is 0 Å². The average Bonchev–Trinajstić information content (AvgIpc) is 2.79. The van der Waals surface area contributed by atoms with Gasteiger partial charge >= 0.3 is 0 Å². The van der Waals surface area contributed by atoms with E-state index in [1.807, 2.05) is 44.9 Å². The summed E-state index contributed by atoms with van der Waals surface area (Å²) in [4.78, 5) is 0. The maximum absolute atomic E-state index is 5.66. The van der Waals surface area contributed by atoms with E-state index in [4.69, 9.17) is 5.84 Å². The molecule has 6 heteroatoms. The van der Waals surface area contributed by atoms with Gasteiger partial charge in [-0.2, -0.15) is 10.2 Å². The molecule has 2 aromatic heterocycles. The summed E-state index contributed by atoms with van der Waals surface area (Å²) in [5.74, 6) is 5.66. The molecule has 0 saturated carbocycles. The smallest absolute Gasteiger partial charge is 0.0935 e. The zero-order valence-electron chi connectivity index (χ0n) is 10.6. The maximum atomic E-state index is 5.66. The van der Waals surface area contributed by atoms with E-state index in [1.165, 1.54) is 0 Å². The quantitative estimate of drug-likeness (QED) is 0.592. The molecule has 3 N–H and O–H groups in total. The number of nitrogens with one attached hydrogen (secondary N) is 1. The summed E-state index contributed by atoms with van der Waals surface area (Å²) in [6.45, 7) is 4.01. The van der Waals surface area contributed by atoms with Gasteiger partial charge in [0.15, 0.2) is 0 Å². The van der Waals surface area contributed by atoms with Crippen LogP contribution < -0.4 is 11.3 Å². The summed E-state index contributed by atoms with van der Waals surface area (Å²) < 4.78 is 3.62. The third kappa shape index (κ3) is 1.96. The van der Waals surface area contributed by atoms with Crippen molar-refractivity contribution in [1.82, 2.24) is 25.0 Å². The van der Waals surface area contributed by atoms with Crippen LogP contribution in [0.25, 0.3) is 0 Å². The van der Waals surface area contributed by atoms with Gasteiger partial charge < -0.3 is 0 Å². The van der Waals surface area contributed by atoms with E-state index in [0.29, 0.717) is 0 Å². The number of hydrazine groups is 1. The largest absolute Gasteiger partial charge is 0.275 e. The predicted octanol–water partition coefficient (Wildman–Crippen LogP) is 0.323. The van der Waals surface area contributed by atoms with Gasteiger partial charge in [-0.25, -0.2) is 5.43 Å². The third-order valence-corrected chi connectivity index (χ3v) is 3.05. The second kappa shape index (κ2) is 4.31. The summed E-state index contributed by atoms with van der Waals surface area (Å²) in [7, 11) is 3.82. The van der Waals surface area contributed by atoms with E-state index in [1.54, 1.807) is 4.68 Å². The molecule has 0 spiro atoms. The molecular weight excluding hydrogens is 216 g/mol. The van der Waals surface area contributed by atoms with E-state index in [-0.39, 0.29) is 6.04 Å². The molecule has 17 heavy (non-hydrogen) atoms. The Morgan fingerprint density at radius 1 is 1.29 bits per heavy atom. The van der Waals surface area contributed by atoms with Crippen LogP contribution in [-0.2, 0) is 14.1 Å². The Morgan fingerprint density at radius 3 is 2.41 bits per heavy atom. The molecule has 0 aliphatic heterocycles. The van der Waals surface area contributed by atoms with Gasteiger partial charge in [0.05, 0.1) is 17.4 Å². The summed E-state index contributed by atoms with van der Waals surface area (Å²) in [5.41, 5.74) is 6.87. The van der Waals surface area contributed by atoms with Gasteiger partial charge in [-0.05, 0) is 19.9 Å². The number of rotatable bonds is 3. The molecule has 2 heterocycles. The van der Waals surface area contributed by atoms with Crippen molar-refractivity contribution in [2.24, 2.45) is 19.9 Å².